The van der Waals surface area contributed by atoms with E-state index in [0.29, 0.717) is 70.0 Å². The fourth-order valence-electron chi connectivity index (χ4n) is 7.39. The summed E-state index contributed by atoms with van der Waals surface area (Å²) in [6.45, 7) is 16.5. The Bertz CT molecular complexity index is 2090. The molecule has 0 spiro atoms. The van der Waals surface area contributed by atoms with Gasteiger partial charge in [-0.25, -0.2) is 4.98 Å². The number of nitrogens with zero attached hydrogens (tertiary/aromatic N) is 5. The van der Waals surface area contributed by atoms with E-state index in [2.05, 4.69) is 44.9 Å². The van der Waals surface area contributed by atoms with Crippen LogP contribution in [0.3, 0.4) is 0 Å². The Morgan fingerprint density at radius 1 is 0.860 bits per heavy atom. The number of nitrogens with one attached hydrogen (secondary N) is 2. The Balaban J connectivity index is 0.746. The monoisotopic (exact) mass is 781 g/mol. The zero-order valence-electron chi connectivity index (χ0n) is 32.8. The summed E-state index contributed by atoms with van der Waals surface area (Å²) in [5.74, 6) is 0.842. The number of amides is 3. The minimum absolute atomic E-state index is 0.0938. The van der Waals surface area contributed by atoms with E-state index in [9.17, 15) is 14.4 Å². The molecule has 15 nitrogen and oxygen atoms in total. The molecule has 2 aromatic carbocycles. The van der Waals surface area contributed by atoms with Gasteiger partial charge in [-0.2, -0.15) is 5.10 Å². The lowest BCUT2D eigenvalue weighted by atomic mass is 10.0. The van der Waals surface area contributed by atoms with Crippen molar-refractivity contribution in [1.82, 2.24) is 30.3 Å². The van der Waals surface area contributed by atoms with Crippen molar-refractivity contribution >= 4 is 34.4 Å². The van der Waals surface area contributed by atoms with E-state index in [-0.39, 0.29) is 23.8 Å². The molecule has 1 unspecified atom stereocenters. The molecule has 0 radical (unpaired) electrons. The molecular weight excluding hydrogens is 731 g/mol. The highest BCUT2D eigenvalue weighted by atomic mass is 16.6. The molecule has 2 aromatic heterocycles. The third kappa shape index (κ3) is 9.45. The number of allylic oxidation sites excluding steroid dienone is 1. The first-order valence-electron chi connectivity index (χ1n) is 19.6. The predicted octanol–water partition coefficient (Wildman–Crippen LogP) is 4.44. The number of H-pyrrole nitrogens is 1. The number of carbonyl (C=O) groups excluding carboxylic acids is 3. The molecule has 2 atom stereocenters. The minimum Gasteiger partial charge on any atom is -0.491 e. The van der Waals surface area contributed by atoms with Crippen LogP contribution >= 0.6 is 0 Å². The number of benzene rings is 2. The molecular formula is C42H51N7O8. The van der Waals surface area contributed by atoms with Crippen molar-refractivity contribution in [1.29, 1.82) is 0 Å². The number of aromatic nitrogens is 3. The lowest BCUT2D eigenvalue weighted by Crippen LogP contribution is -2.53. The number of pyridine rings is 1. The second kappa shape index (κ2) is 18.3. The SMILES string of the molecule is C=C1CCC(N2C(=O)c3ccc(OCCOCCOCCOCCN4CCN(c5cc(-c6n[nH]c7ccc(OC(C)C)cc67)ccn5)C[C@@H]4C)cc3C2=O)C(=O)N1. The Labute approximate surface area is 332 Å². The number of imide groups is 1. The standard InChI is InChI=1S/C42H51N7O8/c1-27(2)57-32-7-9-36-35(25-32)39(46-45-36)30-11-12-43-38(23-30)48-14-13-47(29(4)26-48)15-16-53-17-18-54-19-20-55-21-22-56-31-6-8-33-34(24-31)42(52)49(41(33)51)37-10-5-28(3)44-40(37)50/h6-9,11-12,23-25,27,29,37H,3,5,10,13-22,26H2,1-2,4H3,(H,44,50)(H,45,46)/t29-,37?/m0/s1. The van der Waals surface area contributed by atoms with E-state index >= 15 is 0 Å². The number of fused-ring (bicyclic) bond motifs is 2. The summed E-state index contributed by atoms with van der Waals surface area (Å²) in [6.07, 6.45) is 2.81. The lowest BCUT2D eigenvalue weighted by Gasteiger charge is -2.40. The molecule has 2 N–H and O–H groups in total. The van der Waals surface area contributed by atoms with Crippen molar-refractivity contribution < 1.29 is 38.1 Å². The van der Waals surface area contributed by atoms with Crippen LogP contribution in [0.15, 0.2) is 67.0 Å². The first kappa shape index (κ1) is 39.9. The number of anilines is 1. The number of hydrogen-bond acceptors (Lipinski definition) is 12. The Morgan fingerprint density at radius 2 is 1.60 bits per heavy atom. The lowest BCUT2D eigenvalue weighted by molar-refractivity contribution is -0.125. The first-order chi connectivity index (χ1) is 27.7. The third-order valence-corrected chi connectivity index (χ3v) is 10.3. The molecule has 4 aromatic rings. The molecule has 57 heavy (non-hydrogen) atoms. The van der Waals surface area contributed by atoms with Crippen LogP contribution in [0, 0.1) is 0 Å². The molecule has 0 aliphatic carbocycles. The van der Waals surface area contributed by atoms with Gasteiger partial charge < -0.3 is 33.9 Å². The Morgan fingerprint density at radius 3 is 2.35 bits per heavy atom. The van der Waals surface area contributed by atoms with Gasteiger partial charge in [-0.1, -0.05) is 6.58 Å². The van der Waals surface area contributed by atoms with Crippen LogP contribution in [-0.2, 0) is 19.0 Å². The predicted molar refractivity (Wildman–Crippen MR) is 214 cm³/mol. The fourth-order valence-corrected chi connectivity index (χ4v) is 7.39. The fraction of sp³-hybridized carbons (Fsp3) is 0.452. The maximum Gasteiger partial charge on any atom is 0.262 e. The van der Waals surface area contributed by atoms with Gasteiger partial charge in [0.1, 0.15) is 35.7 Å². The van der Waals surface area contributed by atoms with Crippen molar-refractivity contribution in [2.45, 2.75) is 51.8 Å². The van der Waals surface area contributed by atoms with Crippen molar-refractivity contribution in [2.24, 2.45) is 0 Å². The second-order valence-electron chi connectivity index (χ2n) is 14.7. The maximum absolute atomic E-state index is 13.1. The zero-order chi connectivity index (χ0) is 39.9. The van der Waals surface area contributed by atoms with E-state index in [1.165, 1.54) is 0 Å². The maximum atomic E-state index is 13.1. The smallest absolute Gasteiger partial charge is 0.262 e. The second-order valence-corrected chi connectivity index (χ2v) is 14.7. The Kier molecular flexibility index (Phi) is 12.8. The van der Waals surface area contributed by atoms with Gasteiger partial charge in [-0.05, 0) is 82.1 Å². The molecule has 7 rings (SSSR count). The number of aromatic amines is 1. The third-order valence-electron chi connectivity index (χ3n) is 10.3. The summed E-state index contributed by atoms with van der Waals surface area (Å²) >= 11 is 0. The van der Waals surface area contributed by atoms with Crippen LogP contribution in [0.5, 0.6) is 11.5 Å². The van der Waals surface area contributed by atoms with Crippen molar-refractivity contribution in [3.05, 3.63) is 78.1 Å². The molecule has 15 heteroatoms. The first-order valence-corrected chi connectivity index (χ1v) is 19.6. The Hall–Kier alpha value is -5.35. The number of carbonyl (C=O) groups is 3. The van der Waals surface area contributed by atoms with Gasteiger partial charge in [0, 0.05) is 55.1 Å². The normalized spacial score (nSPS) is 18.8. The summed E-state index contributed by atoms with van der Waals surface area (Å²) in [5, 5.41) is 11.4. The number of piperazine rings is 1. The molecule has 0 bridgehead atoms. The van der Waals surface area contributed by atoms with Crippen LogP contribution < -0.4 is 19.7 Å². The van der Waals surface area contributed by atoms with Crippen LogP contribution in [0.4, 0.5) is 5.82 Å². The number of ether oxygens (including phenoxy) is 5. The van der Waals surface area contributed by atoms with E-state index in [4.69, 9.17) is 28.7 Å². The van der Waals surface area contributed by atoms with Crippen molar-refractivity contribution in [2.75, 3.05) is 77.3 Å². The van der Waals surface area contributed by atoms with Gasteiger partial charge in [-0.15, -0.1) is 0 Å². The van der Waals surface area contributed by atoms with E-state index in [0.717, 1.165) is 64.8 Å². The van der Waals surface area contributed by atoms with Gasteiger partial charge in [0.05, 0.1) is 62.4 Å². The topological polar surface area (TPSA) is 161 Å². The highest BCUT2D eigenvalue weighted by Crippen LogP contribution is 2.33. The van der Waals surface area contributed by atoms with Gasteiger partial charge in [0.15, 0.2) is 0 Å². The van der Waals surface area contributed by atoms with Crippen LogP contribution in [0.1, 0.15) is 54.3 Å². The number of hydrogen-bond donors (Lipinski definition) is 2. The molecule has 3 aliphatic heterocycles. The summed E-state index contributed by atoms with van der Waals surface area (Å²) < 4.78 is 28.8. The number of rotatable bonds is 18. The van der Waals surface area contributed by atoms with E-state index in [1.54, 1.807) is 18.2 Å². The average molecular weight is 782 g/mol. The van der Waals surface area contributed by atoms with Gasteiger partial charge in [0.2, 0.25) is 5.91 Å². The van der Waals surface area contributed by atoms with Gasteiger partial charge >= 0.3 is 0 Å². The highest BCUT2D eigenvalue weighted by molar-refractivity contribution is 6.23. The summed E-state index contributed by atoms with van der Waals surface area (Å²) in [7, 11) is 0. The van der Waals surface area contributed by atoms with E-state index < -0.39 is 23.8 Å². The molecule has 5 heterocycles. The number of piperidine rings is 1. The quantitative estimate of drug-likeness (QED) is 0.108. The summed E-state index contributed by atoms with van der Waals surface area (Å²) in [4.78, 5) is 48.9. The molecule has 302 valence electrons. The highest BCUT2D eigenvalue weighted by Gasteiger charge is 2.44. The van der Waals surface area contributed by atoms with E-state index in [1.807, 2.05) is 44.3 Å². The largest absolute Gasteiger partial charge is 0.491 e. The average Bonchev–Trinajstić information content (AvgIpc) is 3.72. The molecule has 3 aliphatic rings. The van der Waals surface area contributed by atoms with Crippen LogP contribution in [0.2, 0.25) is 0 Å². The van der Waals surface area contributed by atoms with Gasteiger partial charge in [0.25, 0.3) is 11.8 Å². The van der Waals surface area contributed by atoms with Gasteiger partial charge in [-0.3, -0.25) is 29.3 Å². The summed E-state index contributed by atoms with van der Waals surface area (Å²) in [5.41, 5.74) is 3.94. The summed E-state index contributed by atoms with van der Waals surface area (Å²) in [6, 6.07) is 14.4. The van der Waals surface area contributed by atoms with Crippen LogP contribution in [-0.4, -0.2) is 133 Å². The molecule has 0 saturated carbocycles. The minimum atomic E-state index is -0.851. The van der Waals surface area contributed by atoms with Crippen molar-refractivity contribution in [3.8, 4) is 22.8 Å². The van der Waals surface area contributed by atoms with Crippen molar-refractivity contribution in [3.63, 3.8) is 0 Å². The molecule has 3 amide bonds. The van der Waals surface area contributed by atoms with Crippen LogP contribution in [0.25, 0.3) is 22.2 Å². The molecule has 2 saturated heterocycles. The molecule has 2 fully saturated rings. The zero-order valence-corrected chi connectivity index (χ0v) is 32.8.